The summed E-state index contributed by atoms with van der Waals surface area (Å²) in [6.07, 6.45) is 2.88. The summed E-state index contributed by atoms with van der Waals surface area (Å²) in [5.41, 5.74) is -1.05. The predicted molar refractivity (Wildman–Crippen MR) is 116 cm³/mol. The number of ether oxygens (including phenoxy) is 1. The molecule has 1 aromatic carbocycles. The highest BCUT2D eigenvalue weighted by molar-refractivity contribution is 7.14. The Balaban J connectivity index is 1.97. The lowest BCUT2D eigenvalue weighted by atomic mass is 9.71. The molecule has 4 rings (SSSR count). The van der Waals surface area contributed by atoms with Gasteiger partial charge in [0.25, 0.3) is 0 Å². The molecule has 4 N–H and O–H groups in total. The summed E-state index contributed by atoms with van der Waals surface area (Å²) in [5.74, 6) is -2.23. The molecule has 0 amide bonds. The van der Waals surface area contributed by atoms with Crippen LogP contribution in [-0.4, -0.2) is 38.4 Å². The number of hydrogen-bond donors (Lipinski definition) is 4. The molecule has 9 heteroatoms. The van der Waals surface area contributed by atoms with Crippen molar-refractivity contribution in [3.05, 3.63) is 52.3 Å². The number of rotatable bonds is 5. The van der Waals surface area contributed by atoms with Gasteiger partial charge in [-0.3, -0.25) is 9.59 Å². The lowest BCUT2D eigenvalue weighted by Gasteiger charge is -2.28. The molecule has 0 unspecified atom stereocenters. The third kappa shape index (κ3) is 2.77. The van der Waals surface area contributed by atoms with Gasteiger partial charge in [-0.1, -0.05) is 6.08 Å². The van der Waals surface area contributed by atoms with Crippen LogP contribution in [0, 0.1) is 6.92 Å². The minimum absolute atomic E-state index is 0.0526. The topological polar surface area (TPSA) is 129 Å². The number of Topliss-reactive ketones (excluding diaryl/α,β-unsaturated/α-hetero) is 2. The third-order valence-corrected chi connectivity index (χ3v) is 6.36. The number of allylic oxidation sites excluding steroid dienone is 3. The van der Waals surface area contributed by atoms with Crippen LogP contribution in [0.1, 0.15) is 25.0 Å². The van der Waals surface area contributed by atoms with Gasteiger partial charge in [0.2, 0.25) is 0 Å². The number of aliphatic hydroxyl groups excluding tert-OH is 1. The van der Waals surface area contributed by atoms with Gasteiger partial charge in [0.1, 0.15) is 39.8 Å². The Morgan fingerprint density at radius 3 is 2.71 bits per heavy atom. The average molecular weight is 440 g/mol. The number of aromatic nitrogens is 1. The lowest BCUT2D eigenvalue weighted by molar-refractivity contribution is -0.123. The SMILES string of the molecule is C=CCNc1nc(-c2c(O)c(C)c(O)c3c2OC2=CC(O)=C(C(C)=O)C(=O)[C@]23C)cs1. The molecule has 0 saturated carbocycles. The van der Waals surface area contributed by atoms with Crippen molar-refractivity contribution in [2.45, 2.75) is 26.2 Å². The number of hydrogen-bond acceptors (Lipinski definition) is 9. The van der Waals surface area contributed by atoms with Crippen LogP contribution in [-0.2, 0) is 15.0 Å². The van der Waals surface area contributed by atoms with Crippen molar-refractivity contribution in [2.24, 2.45) is 0 Å². The Hall–Kier alpha value is -3.59. The Bertz CT molecular complexity index is 1240. The molecule has 0 spiro atoms. The maximum Gasteiger partial charge on any atom is 0.188 e. The molecule has 8 nitrogen and oxygen atoms in total. The van der Waals surface area contributed by atoms with E-state index < -0.39 is 22.7 Å². The molecule has 2 aliphatic rings. The summed E-state index contributed by atoms with van der Waals surface area (Å²) < 4.78 is 5.92. The van der Waals surface area contributed by atoms with E-state index in [2.05, 4.69) is 16.9 Å². The lowest BCUT2D eigenvalue weighted by Crippen LogP contribution is -2.38. The number of aromatic hydroxyl groups is 2. The fourth-order valence-corrected chi connectivity index (χ4v) is 4.61. The molecule has 160 valence electrons. The largest absolute Gasteiger partial charge is 0.507 e. The fraction of sp³-hybridized carbons (Fsp3) is 0.227. The first-order valence-corrected chi connectivity index (χ1v) is 10.3. The molecule has 0 bridgehead atoms. The molecule has 2 heterocycles. The van der Waals surface area contributed by atoms with Crippen molar-refractivity contribution in [1.82, 2.24) is 4.98 Å². The minimum atomic E-state index is -1.54. The molecule has 1 aromatic heterocycles. The van der Waals surface area contributed by atoms with E-state index in [0.29, 0.717) is 17.4 Å². The number of thiazole rings is 1. The molecule has 2 aromatic rings. The summed E-state index contributed by atoms with van der Waals surface area (Å²) in [6.45, 7) is 8.35. The second-order valence-electron chi connectivity index (χ2n) is 7.49. The van der Waals surface area contributed by atoms with E-state index in [-0.39, 0.29) is 45.3 Å². The van der Waals surface area contributed by atoms with Gasteiger partial charge in [-0.25, -0.2) is 4.98 Å². The summed E-state index contributed by atoms with van der Waals surface area (Å²) in [6, 6.07) is 0. The summed E-state index contributed by atoms with van der Waals surface area (Å²) in [5, 5.41) is 37.3. The van der Waals surface area contributed by atoms with Crippen molar-refractivity contribution in [3.8, 4) is 28.5 Å². The number of benzene rings is 1. The fourth-order valence-electron chi connectivity index (χ4n) is 3.90. The van der Waals surface area contributed by atoms with Crippen LogP contribution in [0.15, 0.2) is 41.2 Å². The molecule has 0 fully saturated rings. The second kappa shape index (κ2) is 6.98. The molecule has 0 radical (unpaired) electrons. The van der Waals surface area contributed by atoms with Crippen LogP contribution in [0.5, 0.6) is 17.2 Å². The summed E-state index contributed by atoms with van der Waals surface area (Å²) in [7, 11) is 0. The number of aliphatic hydroxyl groups is 1. The maximum atomic E-state index is 13.3. The van der Waals surface area contributed by atoms with Crippen LogP contribution in [0.4, 0.5) is 5.13 Å². The maximum absolute atomic E-state index is 13.3. The van der Waals surface area contributed by atoms with Gasteiger partial charge in [-0.15, -0.1) is 17.9 Å². The second-order valence-corrected chi connectivity index (χ2v) is 8.35. The molecular weight excluding hydrogens is 420 g/mol. The number of ketones is 2. The Kier molecular flexibility index (Phi) is 4.66. The van der Waals surface area contributed by atoms with E-state index in [1.54, 1.807) is 11.5 Å². The monoisotopic (exact) mass is 440 g/mol. The molecule has 1 aliphatic heterocycles. The number of phenols is 2. The number of anilines is 1. The zero-order valence-electron chi connectivity index (χ0n) is 17.1. The highest BCUT2D eigenvalue weighted by Gasteiger charge is 2.55. The Labute approximate surface area is 181 Å². The van der Waals surface area contributed by atoms with Crippen LogP contribution in [0.3, 0.4) is 0 Å². The van der Waals surface area contributed by atoms with Gasteiger partial charge in [0.15, 0.2) is 16.7 Å². The van der Waals surface area contributed by atoms with Crippen LogP contribution < -0.4 is 10.1 Å². The van der Waals surface area contributed by atoms with Crippen molar-refractivity contribution < 1.29 is 29.6 Å². The van der Waals surface area contributed by atoms with Gasteiger partial charge in [0.05, 0.1) is 16.8 Å². The van der Waals surface area contributed by atoms with Crippen molar-refractivity contribution in [1.29, 1.82) is 0 Å². The number of fused-ring (bicyclic) bond motifs is 3. The van der Waals surface area contributed by atoms with Gasteiger partial charge >= 0.3 is 0 Å². The van der Waals surface area contributed by atoms with Crippen LogP contribution in [0.2, 0.25) is 0 Å². The summed E-state index contributed by atoms with van der Waals surface area (Å²) >= 11 is 1.30. The van der Waals surface area contributed by atoms with Crippen molar-refractivity contribution >= 4 is 28.0 Å². The molecule has 0 saturated heterocycles. The molecule has 1 atom stereocenters. The van der Waals surface area contributed by atoms with Crippen LogP contribution in [0.25, 0.3) is 11.3 Å². The number of carbonyl (C=O) groups is 2. The quantitative estimate of drug-likeness (QED) is 0.410. The smallest absolute Gasteiger partial charge is 0.188 e. The molecular formula is C22H20N2O6S. The highest BCUT2D eigenvalue weighted by Crippen LogP contribution is 2.59. The number of carbonyl (C=O) groups excluding carboxylic acids is 2. The highest BCUT2D eigenvalue weighted by atomic mass is 32.1. The first kappa shape index (κ1) is 20.7. The molecule has 1 aliphatic carbocycles. The summed E-state index contributed by atoms with van der Waals surface area (Å²) in [4.78, 5) is 29.8. The number of phenolic OH excluding ortho intramolecular Hbond substituents is 2. The van der Waals surface area contributed by atoms with Crippen molar-refractivity contribution in [3.63, 3.8) is 0 Å². The van der Waals surface area contributed by atoms with E-state index in [9.17, 15) is 24.9 Å². The third-order valence-electron chi connectivity index (χ3n) is 5.56. The first-order chi connectivity index (χ1) is 14.6. The zero-order valence-corrected chi connectivity index (χ0v) is 17.9. The minimum Gasteiger partial charge on any atom is -0.507 e. The predicted octanol–water partition coefficient (Wildman–Crippen LogP) is 3.65. The van der Waals surface area contributed by atoms with Gasteiger partial charge in [-0.2, -0.15) is 0 Å². The normalized spacial score (nSPS) is 19.5. The first-order valence-electron chi connectivity index (χ1n) is 9.41. The van der Waals surface area contributed by atoms with Gasteiger partial charge in [-0.05, 0) is 20.8 Å². The molecule has 31 heavy (non-hydrogen) atoms. The zero-order chi connectivity index (χ0) is 22.7. The van der Waals surface area contributed by atoms with Gasteiger partial charge in [0, 0.05) is 23.6 Å². The average Bonchev–Trinajstić information content (AvgIpc) is 3.28. The Morgan fingerprint density at radius 2 is 2.06 bits per heavy atom. The standard InChI is InChI=1S/C22H20N2O6S/c1-5-6-23-21-24-11(8-31-21)15-17(27)9(2)18(28)16-19(15)30-13-7-12(26)14(10(3)25)20(29)22(13,16)4/h5,7-8,26-28H,1,6H2,2-4H3,(H,23,24)/t22-/m1/s1. The van der Waals surface area contributed by atoms with E-state index in [1.807, 2.05) is 0 Å². The van der Waals surface area contributed by atoms with E-state index in [4.69, 9.17) is 4.74 Å². The number of nitrogens with zero attached hydrogens (tertiary/aromatic N) is 1. The van der Waals surface area contributed by atoms with Crippen LogP contribution >= 0.6 is 11.3 Å². The number of nitrogens with one attached hydrogen (secondary N) is 1. The van der Waals surface area contributed by atoms with E-state index in [0.717, 1.165) is 0 Å². The van der Waals surface area contributed by atoms with E-state index in [1.165, 1.54) is 38.2 Å². The Morgan fingerprint density at radius 1 is 1.35 bits per heavy atom. The van der Waals surface area contributed by atoms with Gasteiger partial charge < -0.3 is 25.4 Å². The van der Waals surface area contributed by atoms with Crippen molar-refractivity contribution in [2.75, 3.05) is 11.9 Å². The van der Waals surface area contributed by atoms with E-state index >= 15 is 0 Å².